The Morgan fingerprint density at radius 2 is 1.67 bits per heavy atom. The number of nitro groups is 1. The highest BCUT2D eigenvalue weighted by Crippen LogP contribution is 2.46. The van der Waals surface area contributed by atoms with Crippen LogP contribution >= 0.6 is 12.4 Å². The van der Waals surface area contributed by atoms with Crippen molar-refractivity contribution in [2.45, 2.75) is 18.1 Å². The minimum absolute atomic E-state index is 0. The van der Waals surface area contributed by atoms with Crippen LogP contribution in [-0.4, -0.2) is 27.2 Å². The number of nitrogens with two attached hydrogens (primary N) is 1. The molecule has 21 heavy (non-hydrogen) atoms. The van der Waals surface area contributed by atoms with Gasteiger partial charge in [0.2, 0.25) is 5.75 Å². The molecule has 0 saturated heterocycles. The van der Waals surface area contributed by atoms with Gasteiger partial charge in [0.25, 0.3) is 0 Å². The van der Waals surface area contributed by atoms with E-state index in [1.165, 1.54) is 0 Å². The molecule has 120 valence electrons. The Morgan fingerprint density at radius 3 is 2.05 bits per heavy atom. The highest BCUT2D eigenvalue weighted by molar-refractivity contribution is 5.85. The van der Waals surface area contributed by atoms with Crippen molar-refractivity contribution in [3.8, 4) is 11.5 Å². The summed E-state index contributed by atoms with van der Waals surface area (Å²) in [5.41, 5.74) is 2.47. The normalized spacial score (nSPS) is 13.4. The number of aromatic hydroxyl groups is 2. The molecular weight excluding hydrogens is 331 g/mol. The van der Waals surface area contributed by atoms with Gasteiger partial charge in [0.05, 0.1) is 4.92 Å². The van der Waals surface area contributed by atoms with Gasteiger partial charge >= 0.3 is 17.8 Å². The van der Waals surface area contributed by atoms with Gasteiger partial charge < -0.3 is 15.9 Å². The number of hydrogen-bond donors (Lipinski definition) is 3. The third kappa shape index (κ3) is 3.42. The second-order valence-corrected chi connectivity index (χ2v) is 3.76. The van der Waals surface area contributed by atoms with E-state index in [2.05, 4.69) is 0 Å². The monoisotopic (exact) mass is 338 g/mol. The molecule has 12 heteroatoms. The molecule has 0 aromatic heterocycles. The van der Waals surface area contributed by atoms with E-state index in [1.54, 1.807) is 0 Å². The first-order chi connectivity index (χ1) is 8.89. The fourth-order valence-corrected chi connectivity index (χ4v) is 1.33. The Bertz CT molecular complexity index is 552. The summed E-state index contributed by atoms with van der Waals surface area (Å²) in [5, 5.41) is 28.7. The predicted molar refractivity (Wildman–Crippen MR) is 61.6 cm³/mol. The molecule has 0 aliphatic rings. The van der Waals surface area contributed by atoms with Crippen LogP contribution < -0.4 is 5.73 Å². The van der Waals surface area contributed by atoms with Crippen LogP contribution in [0.3, 0.4) is 0 Å². The summed E-state index contributed by atoms with van der Waals surface area (Å²) in [4.78, 5) is 9.21. The summed E-state index contributed by atoms with van der Waals surface area (Å²) in [5.74, 6) is -7.87. The summed E-state index contributed by atoms with van der Waals surface area (Å²) in [7, 11) is 0. The Labute approximate surface area is 119 Å². The van der Waals surface area contributed by atoms with Crippen molar-refractivity contribution in [1.82, 2.24) is 0 Å². The van der Waals surface area contributed by atoms with Crippen molar-refractivity contribution < 1.29 is 37.1 Å². The molecule has 0 aliphatic carbocycles. The lowest BCUT2D eigenvalue weighted by Crippen LogP contribution is -2.45. The molecule has 4 N–H and O–H groups in total. The number of rotatable bonds is 3. The van der Waals surface area contributed by atoms with Crippen molar-refractivity contribution >= 4 is 18.1 Å². The molecule has 0 heterocycles. The fourth-order valence-electron chi connectivity index (χ4n) is 1.33. The Morgan fingerprint density at radius 1 is 1.19 bits per heavy atom. The molecule has 0 aliphatic heterocycles. The van der Waals surface area contributed by atoms with E-state index in [4.69, 9.17) is 15.9 Å². The molecule has 1 rings (SSSR count). The summed E-state index contributed by atoms with van der Waals surface area (Å²) < 4.78 is 62.4. The van der Waals surface area contributed by atoms with Crippen LogP contribution in [0, 0.1) is 10.1 Å². The van der Waals surface area contributed by atoms with Gasteiger partial charge in [-0.3, -0.25) is 10.1 Å². The van der Waals surface area contributed by atoms with Crippen LogP contribution in [0.2, 0.25) is 0 Å². The number of benzene rings is 1. The number of nitrogens with zero attached hydrogens (tertiary/aromatic N) is 1. The van der Waals surface area contributed by atoms with E-state index >= 15 is 0 Å². The zero-order chi connectivity index (χ0) is 15.9. The van der Waals surface area contributed by atoms with Gasteiger partial charge in [0.15, 0.2) is 5.75 Å². The molecule has 0 saturated carbocycles. The summed E-state index contributed by atoms with van der Waals surface area (Å²) >= 11 is 0. The lowest BCUT2D eigenvalue weighted by atomic mass is 9.99. The second-order valence-electron chi connectivity index (χ2n) is 3.76. The first-order valence-corrected chi connectivity index (χ1v) is 4.80. The number of halogens is 6. The number of phenols is 2. The molecule has 0 radical (unpaired) electrons. The molecule has 1 aromatic carbocycles. The van der Waals surface area contributed by atoms with Crippen LogP contribution in [0.5, 0.6) is 11.5 Å². The summed E-state index contributed by atoms with van der Waals surface area (Å²) in [6, 6.07) is -2.45. The molecular formula is C9H8ClF5N2O4. The maximum absolute atomic E-state index is 13.0. The number of alkyl halides is 5. The predicted octanol–water partition coefficient (Wildman–Crippen LogP) is 2.63. The highest BCUT2D eigenvalue weighted by atomic mass is 35.5. The largest absolute Gasteiger partial charge is 0.504 e. The molecule has 0 spiro atoms. The minimum Gasteiger partial charge on any atom is -0.504 e. The van der Waals surface area contributed by atoms with Crippen LogP contribution in [0.25, 0.3) is 0 Å². The molecule has 1 aromatic rings. The van der Waals surface area contributed by atoms with E-state index in [-0.39, 0.29) is 18.5 Å². The number of hydrogen-bond acceptors (Lipinski definition) is 5. The SMILES string of the molecule is Cl.N[C@H](c1cc(O)c(O)c([N+](=O)[O-])c1)C(F)(F)C(F)(F)F. The first kappa shape index (κ1) is 19.1. The molecule has 1 atom stereocenters. The van der Waals surface area contributed by atoms with Crippen LogP contribution in [-0.2, 0) is 0 Å². The zero-order valence-corrected chi connectivity index (χ0v) is 10.6. The fraction of sp³-hybridized carbons (Fsp3) is 0.333. The standard InChI is InChI=1S/C9H7F5N2O4.ClH/c10-8(11,9(12,13)14)7(15)3-1-4(16(19)20)6(18)5(17)2-3;/h1-2,7,17-18H,15H2;1H/t7-;/m1./s1. The van der Waals surface area contributed by atoms with Crippen molar-refractivity contribution in [3.05, 3.63) is 27.8 Å². The highest BCUT2D eigenvalue weighted by Gasteiger charge is 2.61. The van der Waals surface area contributed by atoms with Crippen molar-refractivity contribution in [1.29, 1.82) is 0 Å². The van der Waals surface area contributed by atoms with Gasteiger partial charge in [-0.1, -0.05) is 0 Å². The van der Waals surface area contributed by atoms with Crippen molar-refractivity contribution in [3.63, 3.8) is 0 Å². The summed E-state index contributed by atoms with van der Waals surface area (Å²) in [6.07, 6.45) is -5.98. The summed E-state index contributed by atoms with van der Waals surface area (Å²) in [6.45, 7) is 0. The average Bonchev–Trinajstić information content (AvgIpc) is 2.29. The molecule has 0 unspecified atom stereocenters. The Balaban J connectivity index is 0.00000400. The van der Waals surface area contributed by atoms with E-state index in [0.717, 1.165) is 0 Å². The molecule has 0 fully saturated rings. The lowest BCUT2D eigenvalue weighted by Gasteiger charge is -2.25. The van der Waals surface area contributed by atoms with Gasteiger partial charge in [-0.2, -0.15) is 22.0 Å². The maximum atomic E-state index is 13.0. The maximum Gasteiger partial charge on any atom is 0.455 e. The van der Waals surface area contributed by atoms with Gasteiger partial charge in [-0.05, 0) is 11.6 Å². The zero-order valence-electron chi connectivity index (χ0n) is 9.77. The van der Waals surface area contributed by atoms with Crippen LogP contribution in [0.4, 0.5) is 27.6 Å². The third-order valence-electron chi connectivity index (χ3n) is 2.42. The number of phenolic OH excluding ortho intramolecular Hbond substituents is 2. The van der Waals surface area contributed by atoms with Crippen LogP contribution in [0.15, 0.2) is 12.1 Å². The van der Waals surface area contributed by atoms with Gasteiger partial charge in [-0.15, -0.1) is 12.4 Å². The molecule has 0 bridgehead atoms. The lowest BCUT2D eigenvalue weighted by molar-refractivity contribution is -0.386. The molecule has 0 amide bonds. The van der Waals surface area contributed by atoms with Gasteiger partial charge in [-0.25, -0.2) is 0 Å². The quantitative estimate of drug-likeness (QED) is 0.340. The van der Waals surface area contributed by atoms with E-state index < -0.39 is 45.8 Å². The number of nitro benzene ring substituents is 1. The Hall–Kier alpha value is -1.88. The smallest absolute Gasteiger partial charge is 0.455 e. The van der Waals surface area contributed by atoms with E-state index in [0.29, 0.717) is 6.07 Å². The minimum atomic E-state index is -5.98. The van der Waals surface area contributed by atoms with E-state index in [9.17, 15) is 32.1 Å². The molecule has 6 nitrogen and oxygen atoms in total. The van der Waals surface area contributed by atoms with Crippen LogP contribution in [0.1, 0.15) is 11.6 Å². The van der Waals surface area contributed by atoms with E-state index in [1.807, 2.05) is 0 Å². The van der Waals surface area contributed by atoms with Crippen molar-refractivity contribution in [2.24, 2.45) is 5.73 Å². The first-order valence-electron chi connectivity index (χ1n) is 4.80. The van der Waals surface area contributed by atoms with Gasteiger partial charge in [0, 0.05) is 6.07 Å². The second kappa shape index (κ2) is 5.85. The average molecular weight is 339 g/mol. The Kier molecular flexibility index (Phi) is 5.33. The van der Waals surface area contributed by atoms with Gasteiger partial charge in [0.1, 0.15) is 6.04 Å². The van der Waals surface area contributed by atoms with Crippen molar-refractivity contribution in [2.75, 3.05) is 0 Å². The third-order valence-corrected chi connectivity index (χ3v) is 2.42. The topological polar surface area (TPSA) is 110 Å².